The van der Waals surface area contributed by atoms with E-state index in [0.717, 1.165) is 5.56 Å². The SMILES string of the molecule is O=C(O)CC(=O)/C=C/c1cccc(Oc2ccc(Cl)cc2)c1. The largest absolute Gasteiger partial charge is 0.481 e. The Balaban J connectivity index is 2.06. The summed E-state index contributed by atoms with van der Waals surface area (Å²) in [5, 5.41) is 9.15. The molecule has 0 unspecified atom stereocenters. The first-order chi connectivity index (χ1) is 10.5. The summed E-state index contributed by atoms with van der Waals surface area (Å²) in [4.78, 5) is 21.7. The van der Waals surface area contributed by atoms with Crippen LogP contribution < -0.4 is 4.74 Å². The molecule has 0 heterocycles. The lowest BCUT2D eigenvalue weighted by Crippen LogP contribution is -2.02. The van der Waals surface area contributed by atoms with Crippen molar-refractivity contribution in [1.82, 2.24) is 0 Å². The van der Waals surface area contributed by atoms with Crippen LogP contribution in [0.1, 0.15) is 12.0 Å². The molecule has 0 fully saturated rings. The molecule has 2 aromatic rings. The Kier molecular flexibility index (Phi) is 5.33. The lowest BCUT2D eigenvalue weighted by atomic mass is 10.1. The lowest BCUT2D eigenvalue weighted by molar-refractivity contribution is -0.139. The molecular formula is C17H13ClO4. The molecule has 0 aromatic heterocycles. The van der Waals surface area contributed by atoms with E-state index in [0.29, 0.717) is 16.5 Å². The van der Waals surface area contributed by atoms with Crippen molar-refractivity contribution in [3.63, 3.8) is 0 Å². The molecule has 0 aliphatic heterocycles. The molecule has 0 bridgehead atoms. The molecule has 0 amide bonds. The third-order valence-corrected chi connectivity index (χ3v) is 2.95. The fourth-order valence-corrected chi connectivity index (χ4v) is 1.84. The molecule has 0 aliphatic rings. The van der Waals surface area contributed by atoms with Crippen LogP contribution >= 0.6 is 11.6 Å². The number of carbonyl (C=O) groups excluding carboxylic acids is 1. The van der Waals surface area contributed by atoms with E-state index in [1.165, 1.54) is 6.08 Å². The molecule has 2 aromatic carbocycles. The molecule has 112 valence electrons. The van der Waals surface area contributed by atoms with Gasteiger partial charge in [-0.15, -0.1) is 0 Å². The summed E-state index contributed by atoms with van der Waals surface area (Å²) in [7, 11) is 0. The quantitative estimate of drug-likeness (QED) is 0.641. The summed E-state index contributed by atoms with van der Waals surface area (Å²) in [6, 6.07) is 14.1. The highest BCUT2D eigenvalue weighted by Crippen LogP contribution is 2.24. The number of hydrogen-bond acceptors (Lipinski definition) is 3. The summed E-state index contributed by atoms with van der Waals surface area (Å²) in [6.07, 6.45) is 2.28. The fraction of sp³-hybridized carbons (Fsp3) is 0.0588. The number of hydrogen-bond donors (Lipinski definition) is 1. The molecule has 22 heavy (non-hydrogen) atoms. The maximum absolute atomic E-state index is 11.3. The Morgan fingerprint density at radius 1 is 1.09 bits per heavy atom. The third kappa shape index (κ3) is 5.07. The van der Waals surface area contributed by atoms with Crippen LogP contribution in [0, 0.1) is 0 Å². The number of halogens is 1. The van der Waals surface area contributed by atoms with Gasteiger partial charge in [-0.3, -0.25) is 9.59 Å². The van der Waals surface area contributed by atoms with Gasteiger partial charge in [0.2, 0.25) is 0 Å². The predicted molar refractivity (Wildman–Crippen MR) is 84.3 cm³/mol. The maximum atomic E-state index is 11.3. The fourth-order valence-electron chi connectivity index (χ4n) is 1.72. The van der Waals surface area contributed by atoms with Gasteiger partial charge in [-0.1, -0.05) is 29.8 Å². The monoisotopic (exact) mass is 316 g/mol. The highest BCUT2D eigenvalue weighted by Gasteiger charge is 2.03. The first-order valence-electron chi connectivity index (χ1n) is 6.49. The molecule has 0 spiro atoms. The second-order valence-electron chi connectivity index (χ2n) is 4.50. The second kappa shape index (κ2) is 7.43. The van der Waals surface area contributed by atoms with Crippen LogP contribution in [0.15, 0.2) is 54.6 Å². The molecule has 1 N–H and O–H groups in total. The van der Waals surface area contributed by atoms with Crippen LogP contribution in [0.25, 0.3) is 6.08 Å². The maximum Gasteiger partial charge on any atom is 0.311 e. The second-order valence-corrected chi connectivity index (χ2v) is 4.94. The minimum atomic E-state index is -1.14. The molecule has 0 saturated carbocycles. The summed E-state index contributed by atoms with van der Waals surface area (Å²) in [5.41, 5.74) is 0.741. The van der Waals surface area contributed by atoms with Crippen molar-refractivity contribution in [3.05, 3.63) is 65.2 Å². The number of ether oxygens (including phenoxy) is 1. The van der Waals surface area contributed by atoms with E-state index in [1.807, 2.05) is 0 Å². The van der Waals surface area contributed by atoms with Gasteiger partial charge in [0.05, 0.1) is 0 Å². The first kappa shape index (κ1) is 15.8. The van der Waals surface area contributed by atoms with Crippen molar-refractivity contribution in [3.8, 4) is 11.5 Å². The molecular weight excluding hydrogens is 304 g/mol. The van der Waals surface area contributed by atoms with Crippen molar-refractivity contribution in [2.45, 2.75) is 6.42 Å². The van der Waals surface area contributed by atoms with E-state index in [4.69, 9.17) is 21.4 Å². The zero-order valence-corrected chi connectivity index (χ0v) is 12.3. The van der Waals surface area contributed by atoms with Crippen LogP contribution in [0.5, 0.6) is 11.5 Å². The molecule has 4 nitrogen and oxygen atoms in total. The van der Waals surface area contributed by atoms with E-state index in [-0.39, 0.29) is 0 Å². The van der Waals surface area contributed by atoms with Gasteiger partial charge in [0, 0.05) is 5.02 Å². The number of benzene rings is 2. The standard InChI is InChI=1S/C17H13ClO4/c18-13-5-8-15(9-6-13)22-16-3-1-2-12(10-16)4-7-14(19)11-17(20)21/h1-10H,11H2,(H,20,21)/b7-4+. The third-order valence-electron chi connectivity index (χ3n) is 2.69. The van der Waals surface area contributed by atoms with Crippen LogP contribution in [0.4, 0.5) is 0 Å². The Morgan fingerprint density at radius 2 is 1.82 bits per heavy atom. The van der Waals surface area contributed by atoms with Gasteiger partial charge in [-0.25, -0.2) is 0 Å². The van der Waals surface area contributed by atoms with Crippen LogP contribution in [-0.4, -0.2) is 16.9 Å². The number of carbonyl (C=O) groups is 2. The molecule has 0 aliphatic carbocycles. The lowest BCUT2D eigenvalue weighted by Gasteiger charge is -2.06. The van der Waals surface area contributed by atoms with Gasteiger partial charge in [-0.05, 0) is 48.0 Å². The van der Waals surface area contributed by atoms with Crippen LogP contribution in [0.2, 0.25) is 5.02 Å². The molecule has 2 rings (SSSR count). The van der Waals surface area contributed by atoms with Crippen LogP contribution in [-0.2, 0) is 9.59 Å². The molecule has 5 heteroatoms. The van der Waals surface area contributed by atoms with E-state index in [2.05, 4.69) is 0 Å². The first-order valence-corrected chi connectivity index (χ1v) is 6.87. The minimum absolute atomic E-state index is 0.462. The number of rotatable bonds is 6. The van der Waals surface area contributed by atoms with Crippen molar-refractivity contribution in [2.24, 2.45) is 0 Å². The summed E-state index contributed by atoms with van der Waals surface area (Å²) in [6.45, 7) is 0. The smallest absolute Gasteiger partial charge is 0.311 e. The molecule has 0 saturated heterocycles. The Morgan fingerprint density at radius 3 is 2.50 bits per heavy atom. The number of carboxylic acids is 1. The Bertz CT molecular complexity index is 705. The zero-order chi connectivity index (χ0) is 15.9. The van der Waals surface area contributed by atoms with E-state index in [1.54, 1.807) is 54.6 Å². The highest BCUT2D eigenvalue weighted by molar-refractivity contribution is 6.30. The summed E-state index contributed by atoms with van der Waals surface area (Å²) in [5.74, 6) is -0.353. The average Bonchev–Trinajstić information content (AvgIpc) is 2.47. The number of carboxylic acid groups (broad SMARTS) is 1. The Hall–Kier alpha value is -2.59. The summed E-state index contributed by atoms with van der Waals surface area (Å²) >= 11 is 5.81. The predicted octanol–water partition coefficient (Wildman–Crippen LogP) is 4.19. The van der Waals surface area contributed by atoms with Crippen molar-refractivity contribution in [1.29, 1.82) is 0 Å². The van der Waals surface area contributed by atoms with E-state index in [9.17, 15) is 9.59 Å². The van der Waals surface area contributed by atoms with Gasteiger partial charge in [0.1, 0.15) is 17.9 Å². The minimum Gasteiger partial charge on any atom is -0.481 e. The summed E-state index contributed by atoms with van der Waals surface area (Å²) < 4.78 is 5.67. The van der Waals surface area contributed by atoms with Gasteiger partial charge in [-0.2, -0.15) is 0 Å². The number of allylic oxidation sites excluding steroid dienone is 1. The molecule has 0 atom stereocenters. The van der Waals surface area contributed by atoms with Gasteiger partial charge >= 0.3 is 5.97 Å². The van der Waals surface area contributed by atoms with E-state index >= 15 is 0 Å². The van der Waals surface area contributed by atoms with Crippen LogP contribution in [0.3, 0.4) is 0 Å². The zero-order valence-electron chi connectivity index (χ0n) is 11.5. The van der Waals surface area contributed by atoms with Crippen molar-refractivity contribution >= 4 is 29.4 Å². The van der Waals surface area contributed by atoms with Gasteiger partial charge in [0.25, 0.3) is 0 Å². The van der Waals surface area contributed by atoms with Crippen molar-refractivity contribution < 1.29 is 19.4 Å². The average molecular weight is 317 g/mol. The van der Waals surface area contributed by atoms with E-state index < -0.39 is 18.2 Å². The highest BCUT2D eigenvalue weighted by atomic mass is 35.5. The number of ketones is 1. The van der Waals surface area contributed by atoms with Crippen molar-refractivity contribution in [2.75, 3.05) is 0 Å². The number of aliphatic carboxylic acids is 1. The normalized spacial score (nSPS) is 10.6. The van der Waals surface area contributed by atoms with Gasteiger partial charge in [0.15, 0.2) is 5.78 Å². The molecule has 0 radical (unpaired) electrons. The topological polar surface area (TPSA) is 63.6 Å². The Labute approximate surface area is 132 Å². The van der Waals surface area contributed by atoms with Gasteiger partial charge < -0.3 is 9.84 Å².